The molecule has 0 aromatic carbocycles. The Kier molecular flexibility index (Phi) is 3.33. The largest absolute Gasteiger partial charge is 0.113 e. The van der Waals surface area contributed by atoms with E-state index < -0.39 is 0 Å². The molecule has 0 bridgehead atoms. The van der Waals surface area contributed by atoms with Crippen LogP contribution in [-0.2, 0) is 0 Å². The Morgan fingerprint density at radius 3 is 1.21 bits per heavy atom. The minimum absolute atomic E-state index is 0.229. The van der Waals surface area contributed by atoms with Crippen molar-refractivity contribution in [2.75, 3.05) is 0 Å². The van der Waals surface area contributed by atoms with Gasteiger partial charge in [-0.15, -0.1) is 0 Å². The Hall–Kier alpha value is -0.823. The van der Waals surface area contributed by atoms with Crippen LogP contribution in [0.4, 0.5) is 0 Å². The summed E-state index contributed by atoms with van der Waals surface area (Å²) < 4.78 is 0. The molecule has 0 saturated carbocycles. The van der Waals surface area contributed by atoms with E-state index in [0.717, 1.165) is 9.52 Å². The van der Waals surface area contributed by atoms with Gasteiger partial charge in [0.15, 0.2) is 0 Å². The van der Waals surface area contributed by atoms with Crippen molar-refractivity contribution in [1.29, 1.82) is 0 Å². The van der Waals surface area contributed by atoms with Gasteiger partial charge in [-0.2, -0.15) is 0 Å². The highest BCUT2D eigenvalue weighted by Gasteiger charge is 2.35. The monoisotopic (exact) mass is 270 g/mol. The highest BCUT2D eigenvalue weighted by Crippen LogP contribution is 2.45. The van der Waals surface area contributed by atoms with Crippen molar-refractivity contribution in [2.24, 2.45) is 10.8 Å². The first-order valence-electron chi connectivity index (χ1n) is 7.15. The zero-order chi connectivity index (χ0) is 14.6. The molecule has 0 atom stereocenters. The van der Waals surface area contributed by atoms with Gasteiger partial charge in [-0.25, -0.2) is 0 Å². The molecular weight excluding hydrogens is 244 g/mol. The Bertz CT molecular complexity index is 498. The zero-order valence-corrected chi connectivity index (χ0v) is 14.7. The van der Waals surface area contributed by atoms with Gasteiger partial charge in [0.2, 0.25) is 0 Å². The van der Waals surface area contributed by atoms with E-state index in [1.54, 1.807) is 10.4 Å². The summed E-state index contributed by atoms with van der Waals surface area (Å²) in [5, 5.41) is 3.27. The first kappa shape index (κ1) is 14.6. The molecule has 2 radical (unpaired) electrons. The van der Waals surface area contributed by atoms with E-state index in [0.29, 0.717) is 0 Å². The molecular formula is C18H26Si. The van der Waals surface area contributed by atoms with Crippen molar-refractivity contribution in [3.63, 3.8) is 0 Å². The van der Waals surface area contributed by atoms with E-state index >= 15 is 0 Å². The minimum atomic E-state index is 0.229. The van der Waals surface area contributed by atoms with E-state index in [1.807, 2.05) is 0 Å². The van der Waals surface area contributed by atoms with Crippen molar-refractivity contribution in [2.45, 2.75) is 55.4 Å². The summed E-state index contributed by atoms with van der Waals surface area (Å²) in [5.74, 6) is 0. The highest BCUT2D eigenvalue weighted by atomic mass is 28.2. The van der Waals surface area contributed by atoms with Gasteiger partial charge in [-0.05, 0) is 27.7 Å². The maximum atomic E-state index is 2.43. The lowest BCUT2D eigenvalue weighted by Gasteiger charge is -2.27. The second-order valence-electron chi connectivity index (χ2n) is 7.22. The van der Waals surface area contributed by atoms with Crippen molar-refractivity contribution in [3.8, 4) is 0 Å². The number of rotatable bonds is 2. The van der Waals surface area contributed by atoms with Crippen molar-refractivity contribution in [3.05, 3.63) is 44.8 Å². The van der Waals surface area contributed by atoms with Crippen LogP contribution >= 0.6 is 0 Å². The third-order valence-electron chi connectivity index (χ3n) is 4.63. The third kappa shape index (κ3) is 2.33. The Labute approximate surface area is 121 Å². The first-order chi connectivity index (χ1) is 8.56. The van der Waals surface area contributed by atoms with Gasteiger partial charge >= 0.3 is 0 Å². The van der Waals surface area contributed by atoms with Crippen molar-refractivity contribution in [1.82, 2.24) is 0 Å². The van der Waals surface area contributed by atoms with E-state index in [9.17, 15) is 0 Å². The van der Waals surface area contributed by atoms with Gasteiger partial charge in [0.1, 0.15) is 9.52 Å². The van der Waals surface area contributed by atoms with Crippen LogP contribution in [0.15, 0.2) is 44.8 Å². The highest BCUT2D eigenvalue weighted by molar-refractivity contribution is 6.55. The van der Waals surface area contributed by atoms with Crippen LogP contribution in [0.1, 0.15) is 55.4 Å². The SMILES string of the molecule is CC1=CC(C)(C)C([Si]C2=C(C)C(C)=CC2(C)C)=C1C. The average molecular weight is 270 g/mol. The Morgan fingerprint density at radius 1 is 0.684 bits per heavy atom. The molecule has 0 amide bonds. The molecule has 0 N–H and O–H groups in total. The summed E-state index contributed by atoms with van der Waals surface area (Å²) in [6, 6.07) is 0. The van der Waals surface area contributed by atoms with E-state index in [2.05, 4.69) is 67.5 Å². The number of hydrogen-bond acceptors (Lipinski definition) is 0. The van der Waals surface area contributed by atoms with Gasteiger partial charge < -0.3 is 0 Å². The molecule has 0 aliphatic heterocycles. The van der Waals surface area contributed by atoms with Crippen LogP contribution in [0.25, 0.3) is 0 Å². The molecule has 2 aliphatic rings. The number of allylic oxidation sites excluding steroid dienone is 8. The van der Waals surface area contributed by atoms with Crippen molar-refractivity contribution >= 4 is 9.52 Å². The van der Waals surface area contributed by atoms with Gasteiger partial charge in [0.25, 0.3) is 0 Å². The maximum absolute atomic E-state index is 2.43. The van der Waals surface area contributed by atoms with Crippen LogP contribution in [0.5, 0.6) is 0 Å². The van der Waals surface area contributed by atoms with Crippen LogP contribution in [-0.4, -0.2) is 9.52 Å². The van der Waals surface area contributed by atoms with Gasteiger partial charge in [-0.3, -0.25) is 0 Å². The molecule has 0 saturated heterocycles. The lowest BCUT2D eigenvalue weighted by Crippen LogP contribution is -2.22. The quantitative estimate of drug-likeness (QED) is 0.604. The molecule has 2 aliphatic carbocycles. The lowest BCUT2D eigenvalue weighted by atomic mass is 9.94. The second-order valence-corrected chi connectivity index (χ2v) is 8.47. The molecule has 0 heterocycles. The summed E-state index contributed by atoms with van der Waals surface area (Å²) in [7, 11) is 0.830. The summed E-state index contributed by atoms with van der Waals surface area (Å²) >= 11 is 0. The summed E-state index contributed by atoms with van der Waals surface area (Å²) in [5.41, 5.74) is 6.42. The normalized spacial score (nSPS) is 25.1. The molecule has 0 spiro atoms. The van der Waals surface area contributed by atoms with Crippen LogP contribution in [0.3, 0.4) is 0 Å². The standard InChI is InChI=1S/C18H26Si/c1-11-9-17(5,6)15(13(11)3)19-16-14(4)12(2)10-18(16,7)8/h9-10H,1-8H3. The molecule has 2 rings (SSSR count). The fourth-order valence-electron chi connectivity index (χ4n) is 3.44. The second kappa shape index (κ2) is 4.34. The molecule has 0 nitrogen and oxygen atoms in total. The predicted octanol–water partition coefficient (Wildman–Crippen LogP) is 5.21. The molecule has 102 valence electrons. The Balaban J connectivity index is 2.40. The fourth-order valence-corrected chi connectivity index (χ4v) is 5.25. The zero-order valence-electron chi connectivity index (χ0n) is 13.7. The van der Waals surface area contributed by atoms with Gasteiger partial charge in [0.05, 0.1) is 0 Å². The van der Waals surface area contributed by atoms with Crippen LogP contribution in [0, 0.1) is 10.8 Å². The summed E-state index contributed by atoms with van der Waals surface area (Å²) in [4.78, 5) is 0. The van der Waals surface area contributed by atoms with E-state index in [1.165, 1.54) is 22.3 Å². The molecule has 1 heteroatoms. The van der Waals surface area contributed by atoms with E-state index in [-0.39, 0.29) is 10.8 Å². The predicted molar refractivity (Wildman–Crippen MR) is 86.2 cm³/mol. The number of hydrogen-bond donors (Lipinski definition) is 0. The maximum Gasteiger partial charge on any atom is 0.113 e. The molecule has 0 aromatic rings. The molecule has 0 fully saturated rings. The average Bonchev–Trinajstić information content (AvgIpc) is 2.55. The summed E-state index contributed by atoms with van der Waals surface area (Å²) in [6.07, 6.45) is 4.87. The Morgan fingerprint density at radius 2 is 1.00 bits per heavy atom. The molecule has 19 heavy (non-hydrogen) atoms. The summed E-state index contributed by atoms with van der Waals surface area (Å²) in [6.45, 7) is 18.5. The van der Waals surface area contributed by atoms with Gasteiger partial charge in [-0.1, -0.05) is 72.5 Å². The molecule has 0 unspecified atom stereocenters. The smallest absolute Gasteiger partial charge is 0.0720 e. The molecule has 0 aromatic heterocycles. The lowest BCUT2D eigenvalue weighted by molar-refractivity contribution is 0.601. The van der Waals surface area contributed by atoms with Crippen molar-refractivity contribution < 1.29 is 0 Å². The van der Waals surface area contributed by atoms with Crippen LogP contribution in [0.2, 0.25) is 0 Å². The van der Waals surface area contributed by atoms with Crippen LogP contribution < -0.4 is 0 Å². The van der Waals surface area contributed by atoms with E-state index in [4.69, 9.17) is 0 Å². The first-order valence-corrected chi connectivity index (χ1v) is 8.15. The van der Waals surface area contributed by atoms with Gasteiger partial charge in [0, 0.05) is 10.8 Å². The topological polar surface area (TPSA) is 0 Å². The fraction of sp³-hybridized carbons (Fsp3) is 0.556. The third-order valence-corrected chi connectivity index (χ3v) is 7.17. The minimum Gasteiger partial charge on any atom is -0.0720 e.